The van der Waals surface area contributed by atoms with Crippen LogP contribution in [0.4, 0.5) is 0 Å². The first kappa shape index (κ1) is 28.1. The zero-order valence-electron chi connectivity index (χ0n) is 25.2. The molecule has 2 aliphatic carbocycles. The highest BCUT2D eigenvalue weighted by atomic mass is 15.1. The summed E-state index contributed by atoms with van der Waals surface area (Å²) in [6.07, 6.45) is 11.2. The molecule has 2 saturated carbocycles. The topological polar surface area (TPSA) is 118 Å². The Bertz CT molecular complexity index is 1780. The van der Waals surface area contributed by atoms with Gasteiger partial charge in [-0.05, 0) is 45.1 Å². The Labute approximate surface area is 246 Å². The zero-order valence-corrected chi connectivity index (χ0v) is 25.2. The Kier molecular flexibility index (Phi) is 8.30. The molecule has 220 valence electrons. The van der Waals surface area contributed by atoms with Gasteiger partial charge >= 0.3 is 0 Å². The third-order valence-electron chi connectivity index (χ3n) is 8.02. The largest absolute Gasteiger partial charge is 0.337 e. The van der Waals surface area contributed by atoms with Gasteiger partial charge in [-0.15, -0.1) is 0 Å². The first-order chi connectivity index (χ1) is 20.5. The molecule has 0 spiro atoms. The molecule has 2 fully saturated rings. The number of aryl methyl sites for hydroxylation is 1. The molecular formula is C32H42N10. The number of H-pyrrole nitrogens is 2. The Morgan fingerprint density at radius 2 is 1.55 bits per heavy atom. The molecule has 4 aromatic heterocycles. The van der Waals surface area contributed by atoms with E-state index in [0.717, 1.165) is 58.0 Å². The number of benzene rings is 1. The van der Waals surface area contributed by atoms with Gasteiger partial charge in [-0.2, -0.15) is 0 Å². The summed E-state index contributed by atoms with van der Waals surface area (Å²) in [5, 5.41) is 0. The van der Waals surface area contributed by atoms with Gasteiger partial charge in [-0.3, -0.25) is 9.98 Å². The van der Waals surface area contributed by atoms with Gasteiger partial charge in [0.2, 0.25) is 0 Å². The average Bonchev–Trinajstić information content (AvgIpc) is 3.37. The van der Waals surface area contributed by atoms with Crippen molar-refractivity contribution in [3.05, 3.63) is 71.2 Å². The van der Waals surface area contributed by atoms with Crippen molar-refractivity contribution in [2.24, 2.45) is 9.98 Å². The summed E-state index contributed by atoms with van der Waals surface area (Å²) in [6.45, 7) is 10.7. The maximum atomic E-state index is 4.86. The summed E-state index contributed by atoms with van der Waals surface area (Å²) in [6, 6.07) is 10.8. The molecule has 10 heteroatoms. The fraction of sp³-hybridized carbons (Fsp3) is 0.500. The van der Waals surface area contributed by atoms with Gasteiger partial charge in [-0.25, -0.2) is 19.9 Å². The van der Waals surface area contributed by atoms with Crippen molar-refractivity contribution >= 4 is 22.3 Å². The van der Waals surface area contributed by atoms with Crippen molar-refractivity contribution in [3.8, 4) is 0 Å². The lowest BCUT2D eigenvalue weighted by molar-refractivity contribution is 0.675. The minimum atomic E-state index is 0.340. The van der Waals surface area contributed by atoms with Crippen LogP contribution in [-0.4, -0.2) is 51.6 Å². The highest BCUT2D eigenvalue weighted by molar-refractivity contribution is 5.70. The molecule has 4 heterocycles. The lowest BCUT2D eigenvalue weighted by Crippen LogP contribution is -2.17. The molecule has 5 aromatic rings. The molecule has 0 unspecified atom stereocenters. The predicted octanol–water partition coefficient (Wildman–Crippen LogP) is 5.35. The predicted molar refractivity (Wildman–Crippen MR) is 165 cm³/mol. The Hall–Kier alpha value is -4.08. The van der Waals surface area contributed by atoms with Crippen LogP contribution >= 0.6 is 0 Å². The van der Waals surface area contributed by atoms with Crippen LogP contribution in [0.5, 0.6) is 0 Å². The summed E-state index contributed by atoms with van der Waals surface area (Å²) in [5.74, 6) is 3.06. The molecule has 2 N–H and O–H groups in total. The van der Waals surface area contributed by atoms with Crippen molar-refractivity contribution in [2.75, 3.05) is 6.54 Å². The Morgan fingerprint density at radius 1 is 0.857 bits per heavy atom. The molecule has 0 atom stereocenters. The summed E-state index contributed by atoms with van der Waals surface area (Å²) in [5.41, 5.74) is 6.70. The van der Waals surface area contributed by atoms with E-state index < -0.39 is 0 Å². The quantitative estimate of drug-likeness (QED) is 0.276. The number of aromatic amines is 2. The number of aromatic nitrogens is 8. The van der Waals surface area contributed by atoms with E-state index in [0.29, 0.717) is 24.4 Å². The summed E-state index contributed by atoms with van der Waals surface area (Å²) in [4.78, 5) is 34.8. The van der Waals surface area contributed by atoms with Gasteiger partial charge < -0.3 is 19.1 Å². The van der Waals surface area contributed by atoms with Crippen LogP contribution in [0.25, 0.3) is 22.3 Å². The van der Waals surface area contributed by atoms with Crippen LogP contribution in [0.2, 0.25) is 0 Å². The van der Waals surface area contributed by atoms with Crippen molar-refractivity contribution in [3.63, 3.8) is 0 Å². The average molecular weight is 567 g/mol. The van der Waals surface area contributed by atoms with E-state index in [1.54, 1.807) is 0 Å². The molecule has 0 bridgehead atoms. The zero-order chi connectivity index (χ0) is 29.1. The van der Waals surface area contributed by atoms with Gasteiger partial charge in [-0.1, -0.05) is 57.0 Å². The molecule has 42 heavy (non-hydrogen) atoms. The van der Waals surface area contributed by atoms with E-state index in [1.165, 1.54) is 44.1 Å². The summed E-state index contributed by atoms with van der Waals surface area (Å²) < 4.78 is 4.17. The van der Waals surface area contributed by atoms with Gasteiger partial charge in [0, 0.05) is 24.9 Å². The molecule has 2 aliphatic rings. The summed E-state index contributed by atoms with van der Waals surface area (Å²) >= 11 is 0. The Morgan fingerprint density at radius 3 is 2.24 bits per heavy atom. The number of rotatable bonds is 7. The molecule has 0 saturated heterocycles. The Balaban J connectivity index is 0.000000151. The molecule has 0 radical (unpaired) electrons. The van der Waals surface area contributed by atoms with Crippen LogP contribution in [0.3, 0.4) is 0 Å². The van der Waals surface area contributed by atoms with Crippen molar-refractivity contribution in [1.29, 1.82) is 0 Å². The number of fused-ring (bicyclic) bond motifs is 2. The van der Waals surface area contributed by atoms with Gasteiger partial charge in [0.25, 0.3) is 0 Å². The fourth-order valence-electron chi connectivity index (χ4n) is 5.50. The van der Waals surface area contributed by atoms with Crippen LogP contribution in [0.15, 0.2) is 53.0 Å². The van der Waals surface area contributed by atoms with Gasteiger partial charge in [0.15, 0.2) is 22.3 Å². The SMILES string of the molecule is CCN=c1ncn(Cc2ccccc2)c2nc(C(C)C)[nH]c12.CCn1cnc(=NC2CCCC2)c2[nH]c(C3CC3)nc21. The van der Waals surface area contributed by atoms with E-state index in [1.807, 2.05) is 37.8 Å². The molecule has 0 amide bonds. The second-order valence-corrected chi connectivity index (χ2v) is 11.6. The number of nitrogens with zero attached hydrogens (tertiary/aromatic N) is 8. The number of imidazole rings is 2. The lowest BCUT2D eigenvalue weighted by Gasteiger charge is -2.07. The minimum absolute atomic E-state index is 0.340. The van der Waals surface area contributed by atoms with Crippen LogP contribution in [0, 0.1) is 0 Å². The van der Waals surface area contributed by atoms with Crippen LogP contribution < -0.4 is 11.0 Å². The van der Waals surface area contributed by atoms with Crippen molar-refractivity contribution in [2.45, 2.75) is 97.2 Å². The van der Waals surface area contributed by atoms with E-state index in [4.69, 9.17) is 15.0 Å². The van der Waals surface area contributed by atoms with E-state index in [-0.39, 0.29) is 0 Å². The van der Waals surface area contributed by atoms with Crippen LogP contribution in [0.1, 0.15) is 95.3 Å². The highest BCUT2D eigenvalue weighted by Gasteiger charge is 2.27. The maximum Gasteiger partial charge on any atom is 0.176 e. The highest BCUT2D eigenvalue weighted by Crippen LogP contribution is 2.38. The molecule has 7 rings (SSSR count). The first-order valence-electron chi connectivity index (χ1n) is 15.5. The van der Waals surface area contributed by atoms with E-state index in [2.05, 4.69) is 67.0 Å². The third kappa shape index (κ3) is 6.07. The summed E-state index contributed by atoms with van der Waals surface area (Å²) in [7, 11) is 0. The normalized spacial score (nSPS) is 16.6. The molecule has 10 nitrogen and oxygen atoms in total. The van der Waals surface area contributed by atoms with E-state index >= 15 is 0 Å². The van der Waals surface area contributed by atoms with Crippen molar-refractivity contribution in [1.82, 2.24) is 39.0 Å². The first-order valence-corrected chi connectivity index (χ1v) is 15.5. The van der Waals surface area contributed by atoms with Crippen molar-refractivity contribution < 1.29 is 0 Å². The molecule has 1 aromatic carbocycles. The standard InChI is InChI=1S/C17H21N5.C15H21N5/c1-4-18-16-14-17(21-15(20-14)12(2)3)22(11-19-16)10-13-8-6-5-7-9-13;1-2-20-9-16-14(17-11-5-3-4-6-11)12-15(20)19-13(18-12)10-7-8-10/h5-9,11-12H,4,10H2,1-3H3,(H,20,21);9-11H,2-8H2,1H3,(H,18,19). The number of hydrogen-bond acceptors (Lipinski definition) is 6. The lowest BCUT2D eigenvalue weighted by atomic mass is 10.2. The number of hydrogen-bond donors (Lipinski definition) is 2. The molecule has 0 aliphatic heterocycles. The smallest absolute Gasteiger partial charge is 0.176 e. The van der Waals surface area contributed by atoms with Gasteiger partial charge in [0.05, 0.1) is 25.2 Å². The van der Waals surface area contributed by atoms with Gasteiger partial charge in [0.1, 0.15) is 22.7 Å². The maximum absolute atomic E-state index is 4.86. The second kappa shape index (κ2) is 12.4. The monoisotopic (exact) mass is 566 g/mol. The third-order valence-corrected chi connectivity index (χ3v) is 8.02. The van der Waals surface area contributed by atoms with E-state index in [9.17, 15) is 0 Å². The number of nitrogens with one attached hydrogen (secondary N) is 2. The molecular weight excluding hydrogens is 524 g/mol. The minimum Gasteiger partial charge on any atom is -0.337 e. The van der Waals surface area contributed by atoms with Crippen LogP contribution in [-0.2, 0) is 13.1 Å². The second-order valence-electron chi connectivity index (χ2n) is 11.6. The fourth-order valence-corrected chi connectivity index (χ4v) is 5.50.